The lowest BCUT2D eigenvalue weighted by Crippen LogP contribution is -2.44. The molecule has 0 bridgehead atoms. The van der Waals surface area contributed by atoms with E-state index in [2.05, 4.69) is 10.6 Å². The number of halogens is 2. The smallest absolute Gasteiger partial charge is 0.314 e. The van der Waals surface area contributed by atoms with Crippen LogP contribution in [-0.4, -0.2) is 24.2 Å². The zero-order valence-electron chi connectivity index (χ0n) is 12.6. The standard InChI is InChI=1S/C16H18F2N2O2S/c1-16(22,13-5-4-11(17)9-14(13)18)10-20-15(21)19-7-6-12-3-2-8-23-12/h2-5,8-9,22H,6-7,10H2,1H3,(H2,19,20,21). The number of amides is 2. The van der Waals surface area contributed by atoms with Crippen molar-refractivity contribution in [3.05, 3.63) is 57.8 Å². The summed E-state index contributed by atoms with van der Waals surface area (Å²) in [7, 11) is 0. The number of thiophene rings is 1. The van der Waals surface area contributed by atoms with Crippen LogP contribution in [-0.2, 0) is 12.0 Å². The van der Waals surface area contributed by atoms with Crippen LogP contribution in [0.3, 0.4) is 0 Å². The fourth-order valence-electron chi connectivity index (χ4n) is 2.09. The van der Waals surface area contributed by atoms with Crippen molar-refractivity contribution in [3.63, 3.8) is 0 Å². The molecule has 124 valence electrons. The number of aliphatic hydroxyl groups is 1. The minimum absolute atomic E-state index is 0.0715. The van der Waals surface area contributed by atoms with Gasteiger partial charge in [-0.3, -0.25) is 0 Å². The third-order valence-corrected chi connectivity index (χ3v) is 4.28. The van der Waals surface area contributed by atoms with E-state index in [1.165, 1.54) is 13.0 Å². The lowest BCUT2D eigenvalue weighted by Gasteiger charge is -2.24. The van der Waals surface area contributed by atoms with Gasteiger partial charge in [0.05, 0.1) is 6.54 Å². The van der Waals surface area contributed by atoms with E-state index < -0.39 is 23.3 Å². The van der Waals surface area contributed by atoms with Gasteiger partial charge in [-0.15, -0.1) is 11.3 Å². The van der Waals surface area contributed by atoms with E-state index in [4.69, 9.17) is 0 Å². The van der Waals surface area contributed by atoms with Crippen molar-refractivity contribution in [2.24, 2.45) is 0 Å². The van der Waals surface area contributed by atoms with E-state index in [9.17, 15) is 18.7 Å². The van der Waals surface area contributed by atoms with Crippen molar-refractivity contribution >= 4 is 17.4 Å². The molecule has 0 fully saturated rings. The summed E-state index contributed by atoms with van der Waals surface area (Å²) in [5, 5.41) is 17.4. The molecule has 2 aromatic rings. The second kappa shape index (κ2) is 7.52. The maximum atomic E-state index is 13.7. The number of nitrogens with one attached hydrogen (secondary N) is 2. The molecule has 1 atom stereocenters. The highest BCUT2D eigenvalue weighted by molar-refractivity contribution is 7.09. The number of hydrogen-bond acceptors (Lipinski definition) is 3. The average molecular weight is 340 g/mol. The molecule has 1 heterocycles. The molecular weight excluding hydrogens is 322 g/mol. The first-order valence-electron chi connectivity index (χ1n) is 7.10. The van der Waals surface area contributed by atoms with Gasteiger partial charge in [-0.1, -0.05) is 12.1 Å². The average Bonchev–Trinajstić information content (AvgIpc) is 2.98. The molecule has 3 N–H and O–H groups in total. The van der Waals surface area contributed by atoms with Crippen LogP contribution in [0, 0.1) is 11.6 Å². The zero-order chi connectivity index (χ0) is 16.9. The highest BCUT2D eigenvalue weighted by atomic mass is 32.1. The van der Waals surface area contributed by atoms with E-state index in [0.717, 1.165) is 10.9 Å². The quantitative estimate of drug-likeness (QED) is 0.757. The van der Waals surface area contributed by atoms with Gasteiger partial charge < -0.3 is 15.7 Å². The SMILES string of the molecule is CC(O)(CNC(=O)NCCc1cccs1)c1ccc(F)cc1F. The van der Waals surface area contributed by atoms with Gasteiger partial charge in [-0.05, 0) is 30.9 Å². The highest BCUT2D eigenvalue weighted by Crippen LogP contribution is 2.23. The Morgan fingerprint density at radius 3 is 2.74 bits per heavy atom. The molecule has 0 aliphatic heterocycles. The van der Waals surface area contributed by atoms with Gasteiger partial charge in [-0.2, -0.15) is 0 Å². The van der Waals surface area contributed by atoms with Crippen LogP contribution in [0.5, 0.6) is 0 Å². The summed E-state index contributed by atoms with van der Waals surface area (Å²) in [6.45, 7) is 1.62. The summed E-state index contributed by atoms with van der Waals surface area (Å²) in [5.74, 6) is -1.57. The minimum Gasteiger partial charge on any atom is -0.383 e. The van der Waals surface area contributed by atoms with E-state index >= 15 is 0 Å². The predicted octanol–water partition coefficient (Wildman–Crippen LogP) is 2.78. The van der Waals surface area contributed by atoms with Crippen molar-refractivity contribution in [1.29, 1.82) is 0 Å². The van der Waals surface area contributed by atoms with Gasteiger partial charge in [0.1, 0.15) is 17.2 Å². The Hall–Kier alpha value is -1.99. The van der Waals surface area contributed by atoms with Gasteiger partial charge in [0.25, 0.3) is 0 Å². The first kappa shape index (κ1) is 17.4. The molecule has 2 rings (SSSR count). The molecule has 0 saturated heterocycles. The van der Waals surface area contributed by atoms with Gasteiger partial charge >= 0.3 is 6.03 Å². The molecule has 1 unspecified atom stereocenters. The number of urea groups is 1. The largest absolute Gasteiger partial charge is 0.383 e. The lowest BCUT2D eigenvalue weighted by molar-refractivity contribution is 0.0555. The third-order valence-electron chi connectivity index (χ3n) is 3.34. The van der Waals surface area contributed by atoms with Gasteiger partial charge in [0.15, 0.2) is 0 Å². The lowest BCUT2D eigenvalue weighted by atomic mass is 9.95. The Kier molecular flexibility index (Phi) is 5.68. The minimum atomic E-state index is -1.64. The molecule has 0 saturated carbocycles. The van der Waals surface area contributed by atoms with Crippen LogP contribution in [0.4, 0.5) is 13.6 Å². The Labute approximate surface area is 137 Å². The molecule has 1 aromatic carbocycles. The zero-order valence-corrected chi connectivity index (χ0v) is 13.4. The third kappa shape index (κ3) is 5.01. The molecule has 0 spiro atoms. The van der Waals surface area contributed by atoms with Crippen molar-refractivity contribution in [2.45, 2.75) is 18.9 Å². The van der Waals surface area contributed by atoms with Crippen LogP contribution in [0.2, 0.25) is 0 Å². The summed E-state index contributed by atoms with van der Waals surface area (Å²) >= 11 is 1.61. The molecule has 4 nitrogen and oxygen atoms in total. The summed E-state index contributed by atoms with van der Waals surface area (Å²) in [6.07, 6.45) is 0.716. The molecule has 1 aromatic heterocycles. The Bertz CT molecular complexity index is 660. The van der Waals surface area contributed by atoms with Crippen molar-refractivity contribution in [1.82, 2.24) is 10.6 Å². The highest BCUT2D eigenvalue weighted by Gasteiger charge is 2.27. The normalized spacial score (nSPS) is 13.4. The van der Waals surface area contributed by atoms with Crippen molar-refractivity contribution in [2.75, 3.05) is 13.1 Å². The van der Waals surface area contributed by atoms with Gasteiger partial charge in [-0.25, -0.2) is 13.6 Å². The Morgan fingerprint density at radius 1 is 1.30 bits per heavy atom. The molecule has 7 heteroatoms. The molecular formula is C16H18F2N2O2S. The first-order chi connectivity index (χ1) is 10.9. The van der Waals surface area contributed by atoms with Crippen LogP contribution < -0.4 is 10.6 Å². The van der Waals surface area contributed by atoms with Crippen LogP contribution in [0.15, 0.2) is 35.7 Å². The maximum absolute atomic E-state index is 13.7. The maximum Gasteiger partial charge on any atom is 0.314 e. The molecule has 23 heavy (non-hydrogen) atoms. The Morgan fingerprint density at radius 2 is 2.09 bits per heavy atom. The van der Waals surface area contributed by atoms with E-state index in [-0.39, 0.29) is 12.1 Å². The summed E-state index contributed by atoms with van der Waals surface area (Å²) in [6, 6.07) is 6.39. The Balaban J connectivity index is 1.82. The number of hydrogen-bond donors (Lipinski definition) is 3. The molecule has 0 radical (unpaired) electrons. The predicted molar refractivity (Wildman–Crippen MR) is 85.4 cm³/mol. The molecule has 0 aliphatic rings. The van der Waals surface area contributed by atoms with Crippen LogP contribution in [0.25, 0.3) is 0 Å². The van der Waals surface area contributed by atoms with Crippen LogP contribution >= 0.6 is 11.3 Å². The number of benzene rings is 1. The van der Waals surface area contributed by atoms with Crippen molar-refractivity contribution < 1.29 is 18.7 Å². The van der Waals surface area contributed by atoms with E-state index in [1.807, 2.05) is 17.5 Å². The summed E-state index contributed by atoms with van der Waals surface area (Å²) in [4.78, 5) is 12.9. The van der Waals surface area contributed by atoms with E-state index in [0.29, 0.717) is 19.0 Å². The van der Waals surface area contributed by atoms with Crippen molar-refractivity contribution in [3.8, 4) is 0 Å². The number of carbonyl (C=O) groups is 1. The monoisotopic (exact) mass is 340 g/mol. The summed E-state index contributed by atoms with van der Waals surface area (Å²) in [5.41, 5.74) is -1.71. The van der Waals surface area contributed by atoms with E-state index in [1.54, 1.807) is 11.3 Å². The topological polar surface area (TPSA) is 61.4 Å². The second-order valence-corrected chi connectivity index (χ2v) is 6.37. The fraction of sp³-hybridized carbons (Fsp3) is 0.312. The fourth-order valence-corrected chi connectivity index (χ4v) is 2.80. The number of rotatable bonds is 6. The van der Waals surface area contributed by atoms with Gasteiger partial charge in [0, 0.05) is 23.1 Å². The molecule has 0 aliphatic carbocycles. The first-order valence-corrected chi connectivity index (χ1v) is 7.98. The number of carbonyl (C=O) groups excluding carboxylic acids is 1. The second-order valence-electron chi connectivity index (χ2n) is 5.34. The summed E-state index contributed by atoms with van der Waals surface area (Å²) < 4.78 is 26.6. The molecule has 2 amide bonds. The van der Waals surface area contributed by atoms with Gasteiger partial charge in [0.2, 0.25) is 0 Å². The van der Waals surface area contributed by atoms with Crippen LogP contribution in [0.1, 0.15) is 17.4 Å².